The monoisotopic (exact) mass is 257 g/mol. The maximum atomic E-state index is 11.6. The van der Waals surface area contributed by atoms with Gasteiger partial charge in [-0.3, -0.25) is 4.79 Å². The molecule has 0 aromatic rings. The predicted octanol–water partition coefficient (Wildman–Crippen LogP) is 1.60. The summed E-state index contributed by atoms with van der Waals surface area (Å²) in [4.78, 5) is 13.9. The molecule has 0 aromatic heterocycles. The molecule has 0 fully saturated rings. The van der Waals surface area contributed by atoms with E-state index in [1.807, 2.05) is 6.92 Å². The molecule has 0 aliphatic heterocycles. The second kappa shape index (κ2) is 8.48. The van der Waals surface area contributed by atoms with Crippen molar-refractivity contribution in [1.29, 1.82) is 0 Å². The second-order valence-electron chi connectivity index (χ2n) is 5.58. The number of nitrogens with zero attached hydrogens (tertiary/aromatic N) is 1. The second-order valence-corrected chi connectivity index (χ2v) is 5.58. The summed E-state index contributed by atoms with van der Waals surface area (Å²) in [6, 6.07) is 0. The highest BCUT2D eigenvalue weighted by atomic mass is 16.1. The predicted molar refractivity (Wildman–Crippen MR) is 77.5 cm³/mol. The minimum atomic E-state index is -0.572. The van der Waals surface area contributed by atoms with Crippen LogP contribution in [0.1, 0.15) is 47.5 Å². The molecule has 4 heteroatoms. The van der Waals surface area contributed by atoms with Gasteiger partial charge in [-0.15, -0.1) is 0 Å². The first-order chi connectivity index (χ1) is 8.35. The van der Waals surface area contributed by atoms with E-state index in [0.717, 1.165) is 39.0 Å². The third kappa shape index (κ3) is 6.36. The number of amides is 1. The van der Waals surface area contributed by atoms with Gasteiger partial charge in [-0.25, -0.2) is 0 Å². The summed E-state index contributed by atoms with van der Waals surface area (Å²) in [7, 11) is 0. The molecular formula is C14H31N3O. The topological polar surface area (TPSA) is 58.4 Å². The van der Waals surface area contributed by atoms with Crippen molar-refractivity contribution in [2.45, 2.75) is 53.0 Å². The molecule has 0 saturated heterocycles. The molecule has 1 atom stereocenters. The van der Waals surface area contributed by atoms with E-state index in [4.69, 9.17) is 5.73 Å². The molecule has 0 rings (SSSR count). The lowest BCUT2D eigenvalue weighted by Crippen LogP contribution is -2.54. The first-order valence-electron chi connectivity index (χ1n) is 7.13. The molecule has 4 nitrogen and oxygen atoms in total. The van der Waals surface area contributed by atoms with Crippen LogP contribution in [0.15, 0.2) is 0 Å². The van der Waals surface area contributed by atoms with Gasteiger partial charge in [-0.05, 0) is 38.8 Å². The molecule has 0 radical (unpaired) electrons. The standard InChI is InChI=1S/C14H31N3O/c1-6-17(7-2)11-10-16-14(5,13(15)18)9-8-12(3)4/h12,16H,6-11H2,1-5H3,(H2,15,18). The highest BCUT2D eigenvalue weighted by molar-refractivity contribution is 5.84. The van der Waals surface area contributed by atoms with E-state index >= 15 is 0 Å². The Balaban J connectivity index is 4.22. The normalized spacial score (nSPS) is 15.1. The summed E-state index contributed by atoms with van der Waals surface area (Å²) in [5.74, 6) is 0.343. The Morgan fingerprint density at radius 2 is 1.89 bits per heavy atom. The highest BCUT2D eigenvalue weighted by Crippen LogP contribution is 2.16. The molecule has 0 aromatic carbocycles. The summed E-state index contributed by atoms with van der Waals surface area (Å²) in [6.45, 7) is 14.4. The SMILES string of the molecule is CCN(CC)CCNC(C)(CCC(C)C)C(N)=O. The summed E-state index contributed by atoms with van der Waals surface area (Å²) in [5.41, 5.74) is 4.95. The van der Waals surface area contributed by atoms with Crippen LogP contribution in [0.5, 0.6) is 0 Å². The van der Waals surface area contributed by atoms with E-state index in [-0.39, 0.29) is 5.91 Å². The Hall–Kier alpha value is -0.610. The zero-order valence-electron chi connectivity index (χ0n) is 12.8. The molecule has 18 heavy (non-hydrogen) atoms. The fourth-order valence-corrected chi connectivity index (χ4v) is 1.91. The van der Waals surface area contributed by atoms with Crippen LogP contribution in [-0.2, 0) is 4.79 Å². The zero-order chi connectivity index (χ0) is 14.2. The molecule has 1 unspecified atom stereocenters. The van der Waals surface area contributed by atoms with E-state index in [0.29, 0.717) is 5.92 Å². The van der Waals surface area contributed by atoms with Crippen LogP contribution < -0.4 is 11.1 Å². The van der Waals surface area contributed by atoms with Crippen molar-refractivity contribution < 1.29 is 4.79 Å². The van der Waals surface area contributed by atoms with Crippen molar-refractivity contribution in [1.82, 2.24) is 10.2 Å². The Labute approximate surface area is 112 Å². The van der Waals surface area contributed by atoms with E-state index in [1.165, 1.54) is 0 Å². The Morgan fingerprint density at radius 1 is 1.33 bits per heavy atom. The third-order valence-corrected chi connectivity index (χ3v) is 3.60. The third-order valence-electron chi connectivity index (χ3n) is 3.60. The summed E-state index contributed by atoms with van der Waals surface area (Å²) in [5, 5.41) is 3.33. The molecular weight excluding hydrogens is 226 g/mol. The Bertz CT molecular complexity index is 239. The van der Waals surface area contributed by atoms with Gasteiger partial charge >= 0.3 is 0 Å². The van der Waals surface area contributed by atoms with Gasteiger partial charge in [0.1, 0.15) is 0 Å². The number of carbonyl (C=O) groups excluding carboxylic acids is 1. The lowest BCUT2D eigenvalue weighted by atomic mass is 9.91. The van der Waals surface area contributed by atoms with Crippen molar-refractivity contribution in [3.8, 4) is 0 Å². The van der Waals surface area contributed by atoms with Crippen molar-refractivity contribution in [2.24, 2.45) is 11.7 Å². The Morgan fingerprint density at radius 3 is 2.28 bits per heavy atom. The van der Waals surface area contributed by atoms with E-state index in [1.54, 1.807) is 0 Å². The number of carbonyl (C=O) groups is 1. The van der Waals surface area contributed by atoms with Crippen molar-refractivity contribution in [3.05, 3.63) is 0 Å². The van der Waals surface area contributed by atoms with Crippen LogP contribution in [-0.4, -0.2) is 42.5 Å². The molecule has 1 amide bonds. The van der Waals surface area contributed by atoms with Crippen molar-refractivity contribution in [2.75, 3.05) is 26.2 Å². The summed E-state index contributed by atoms with van der Waals surface area (Å²) < 4.78 is 0. The van der Waals surface area contributed by atoms with Crippen LogP contribution in [0, 0.1) is 5.92 Å². The summed E-state index contributed by atoms with van der Waals surface area (Å²) >= 11 is 0. The number of nitrogens with two attached hydrogens (primary N) is 1. The molecule has 0 heterocycles. The average Bonchev–Trinajstić information content (AvgIpc) is 2.32. The van der Waals surface area contributed by atoms with Crippen molar-refractivity contribution >= 4 is 5.91 Å². The number of rotatable bonds is 10. The van der Waals surface area contributed by atoms with Gasteiger partial charge in [0.25, 0.3) is 0 Å². The van der Waals surface area contributed by atoms with Gasteiger partial charge in [-0.1, -0.05) is 27.7 Å². The van der Waals surface area contributed by atoms with Gasteiger partial charge < -0.3 is 16.0 Å². The molecule has 0 spiro atoms. The van der Waals surface area contributed by atoms with Crippen LogP contribution in [0.25, 0.3) is 0 Å². The highest BCUT2D eigenvalue weighted by Gasteiger charge is 2.29. The van der Waals surface area contributed by atoms with Crippen LogP contribution in [0.3, 0.4) is 0 Å². The van der Waals surface area contributed by atoms with Crippen LogP contribution in [0.2, 0.25) is 0 Å². The Kier molecular flexibility index (Phi) is 8.20. The summed E-state index contributed by atoms with van der Waals surface area (Å²) in [6.07, 6.45) is 1.82. The van der Waals surface area contributed by atoms with Gasteiger partial charge in [0.15, 0.2) is 0 Å². The fourth-order valence-electron chi connectivity index (χ4n) is 1.91. The number of nitrogens with one attached hydrogen (secondary N) is 1. The minimum absolute atomic E-state index is 0.248. The van der Waals surface area contributed by atoms with Gasteiger partial charge in [0.05, 0.1) is 5.54 Å². The van der Waals surface area contributed by atoms with Gasteiger partial charge in [-0.2, -0.15) is 0 Å². The van der Waals surface area contributed by atoms with Gasteiger partial charge in [0, 0.05) is 13.1 Å². The number of likely N-dealkylation sites (N-methyl/N-ethyl adjacent to an activating group) is 1. The maximum Gasteiger partial charge on any atom is 0.237 e. The lowest BCUT2D eigenvalue weighted by molar-refractivity contribution is -0.124. The van der Waals surface area contributed by atoms with E-state index in [2.05, 4.69) is 37.9 Å². The van der Waals surface area contributed by atoms with E-state index in [9.17, 15) is 4.79 Å². The van der Waals surface area contributed by atoms with Crippen molar-refractivity contribution in [3.63, 3.8) is 0 Å². The number of primary amides is 1. The maximum absolute atomic E-state index is 11.6. The average molecular weight is 257 g/mol. The fraction of sp³-hybridized carbons (Fsp3) is 0.929. The molecule has 0 bridgehead atoms. The zero-order valence-corrected chi connectivity index (χ0v) is 12.8. The van der Waals surface area contributed by atoms with E-state index < -0.39 is 5.54 Å². The lowest BCUT2D eigenvalue weighted by Gasteiger charge is -2.29. The first kappa shape index (κ1) is 17.4. The minimum Gasteiger partial charge on any atom is -0.368 e. The largest absolute Gasteiger partial charge is 0.368 e. The molecule has 3 N–H and O–H groups in total. The van der Waals surface area contributed by atoms with Gasteiger partial charge in [0.2, 0.25) is 5.91 Å². The molecule has 0 aliphatic rings. The quantitative estimate of drug-likeness (QED) is 0.625. The number of hydrogen-bond donors (Lipinski definition) is 2. The van der Waals surface area contributed by atoms with Crippen LogP contribution >= 0.6 is 0 Å². The smallest absolute Gasteiger partial charge is 0.237 e. The molecule has 0 aliphatic carbocycles. The molecule has 0 saturated carbocycles. The first-order valence-corrected chi connectivity index (χ1v) is 7.13. The van der Waals surface area contributed by atoms with Crippen LogP contribution in [0.4, 0.5) is 0 Å². The number of hydrogen-bond acceptors (Lipinski definition) is 3. The molecule has 108 valence electrons.